The quantitative estimate of drug-likeness (QED) is 0.390. The maximum Gasteiger partial charge on any atom is 0.263 e. The summed E-state index contributed by atoms with van der Waals surface area (Å²) in [5.41, 5.74) is 0.777. The van der Waals surface area contributed by atoms with E-state index in [2.05, 4.69) is 20.6 Å². The Morgan fingerprint density at radius 1 is 1.03 bits per heavy atom. The fourth-order valence-electron chi connectivity index (χ4n) is 3.20. The van der Waals surface area contributed by atoms with Crippen LogP contribution in [0, 0.1) is 0 Å². The number of unbranched alkanes of at least 4 members (excludes halogenated alkanes) is 2. The predicted molar refractivity (Wildman–Crippen MR) is 131 cm³/mol. The van der Waals surface area contributed by atoms with Crippen molar-refractivity contribution in [1.29, 1.82) is 0 Å². The van der Waals surface area contributed by atoms with Gasteiger partial charge in [-0.1, -0.05) is 23.7 Å². The molecule has 1 atom stereocenters. The van der Waals surface area contributed by atoms with Gasteiger partial charge in [0, 0.05) is 43.8 Å². The van der Waals surface area contributed by atoms with Gasteiger partial charge in [0.15, 0.2) is 0 Å². The molecule has 176 valence electrons. The SMILES string of the molecule is CO.C[C@@H](c1ccc(Cl)cc1)n1cccc(C(=O)NCCCCCNc2ncccn2)c1=O. The molecule has 0 saturated heterocycles. The van der Waals surface area contributed by atoms with Crippen molar-refractivity contribution in [1.82, 2.24) is 19.9 Å². The summed E-state index contributed by atoms with van der Waals surface area (Å²) in [6, 6.07) is 12.2. The number of pyridine rings is 1. The summed E-state index contributed by atoms with van der Waals surface area (Å²) in [6.07, 6.45) is 7.78. The summed E-state index contributed by atoms with van der Waals surface area (Å²) in [5.74, 6) is 0.266. The fourth-order valence-corrected chi connectivity index (χ4v) is 3.33. The first-order valence-electron chi connectivity index (χ1n) is 10.8. The molecule has 0 saturated carbocycles. The monoisotopic (exact) mass is 471 g/mol. The van der Waals surface area contributed by atoms with Crippen LogP contribution in [0.5, 0.6) is 0 Å². The number of rotatable bonds is 10. The van der Waals surface area contributed by atoms with Gasteiger partial charge in [0.25, 0.3) is 11.5 Å². The van der Waals surface area contributed by atoms with E-state index >= 15 is 0 Å². The molecule has 0 aliphatic rings. The maximum absolute atomic E-state index is 12.9. The Balaban J connectivity index is 0.00000187. The average molecular weight is 472 g/mol. The Bertz CT molecular complexity index is 1040. The van der Waals surface area contributed by atoms with Crippen molar-refractivity contribution in [2.75, 3.05) is 25.5 Å². The standard InChI is InChI=1S/C23H26ClN5O2.CH4O/c1-17(18-8-10-19(24)11-9-18)29-16-5-7-20(22(29)31)21(30)25-12-3-2-4-13-26-23-27-14-6-15-28-23;1-2/h5-11,14-17H,2-4,12-13H2,1H3,(H,25,30)(H,26,27,28);2H,1H3/t17-;/m0./s1. The summed E-state index contributed by atoms with van der Waals surface area (Å²) in [4.78, 5) is 33.6. The Hall–Kier alpha value is -3.23. The molecule has 2 aromatic heterocycles. The molecule has 0 fully saturated rings. The number of benzene rings is 1. The molecule has 8 nitrogen and oxygen atoms in total. The van der Waals surface area contributed by atoms with Gasteiger partial charge in [0.05, 0.1) is 6.04 Å². The van der Waals surface area contributed by atoms with Gasteiger partial charge in [-0.15, -0.1) is 0 Å². The van der Waals surface area contributed by atoms with E-state index in [0.29, 0.717) is 17.5 Å². The van der Waals surface area contributed by atoms with Crippen molar-refractivity contribution in [3.05, 3.63) is 87.6 Å². The van der Waals surface area contributed by atoms with Gasteiger partial charge in [0.1, 0.15) is 5.56 Å². The lowest BCUT2D eigenvalue weighted by Gasteiger charge is -2.16. The van der Waals surface area contributed by atoms with E-state index in [1.165, 1.54) is 0 Å². The highest BCUT2D eigenvalue weighted by Crippen LogP contribution is 2.18. The van der Waals surface area contributed by atoms with Crippen LogP contribution in [0.15, 0.2) is 65.8 Å². The lowest BCUT2D eigenvalue weighted by Crippen LogP contribution is -2.34. The van der Waals surface area contributed by atoms with Crippen LogP contribution in [0.25, 0.3) is 0 Å². The molecule has 0 aliphatic carbocycles. The maximum atomic E-state index is 12.9. The number of halogens is 1. The first-order chi connectivity index (χ1) is 16.1. The molecule has 0 unspecified atom stereocenters. The molecule has 9 heteroatoms. The van der Waals surface area contributed by atoms with E-state index in [0.717, 1.165) is 38.5 Å². The van der Waals surface area contributed by atoms with Crippen LogP contribution in [-0.4, -0.2) is 45.7 Å². The molecule has 3 N–H and O–H groups in total. The zero-order chi connectivity index (χ0) is 24.1. The van der Waals surface area contributed by atoms with Crippen LogP contribution in [0.1, 0.15) is 48.1 Å². The molecule has 1 aromatic carbocycles. The number of hydrogen-bond donors (Lipinski definition) is 3. The molecule has 2 heterocycles. The van der Waals surface area contributed by atoms with Gasteiger partial charge in [-0.3, -0.25) is 9.59 Å². The van der Waals surface area contributed by atoms with Gasteiger partial charge >= 0.3 is 0 Å². The van der Waals surface area contributed by atoms with Crippen LogP contribution in [0.2, 0.25) is 5.02 Å². The molecule has 0 bridgehead atoms. The van der Waals surface area contributed by atoms with Gasteiger partial charge in [-0.2, -0.15) is 0 Å². The highest BCUT2D eigenvalue weighted by Gasteiger charge is 2.15. The number of nitrogens with one attached hydrogen (secondary N) is 2. The van der Waals surface area contributed by atoms with Crippen molar-refractivity contribution in [3.8, 4) is 0 Å². The summed E-state index contributed by atoms with van der Waals surface area (Å²) in [7, 11) is 1.00. The van der Waals surface area contributed by atoms with Gasteiger partial charge in [-0.05, 0) is 62.1 Å². The molecule has 0 spiro atoms. The Morgan fingerprint density at radius 2 is 1.70 bits per heavy atom. The first kappa shape index (κ1) is 26.0. The Kier molecular flexibility index (Phi) is 11.1. The van der Waals surface area contributed by atoms with Crippen LogP contribution in [0.4, 0.5) is 5.95 Å². The van der Waals surface area contributed by atoms with Crippen molar-refractivity contribution >= 4 is 23.5 Å². The van der Waals surface area contributed by atoms with E-state index in [-0.39, 0.29) is 23.1 Å². The highest BCUT2D eigenvalue weighted by molar-refractivity contribution is 6.30. The summed E-state index contributed by atoms with van der Waals surface area (Å²) in [5, 5.41) is 13.6. The molecule has 1 amide bonds. The van der Waals surface area contributed by atoms with E-state index in [9.17, 15) is 9.59 Å². The average Bonchev–Trinajstić information content (AvgIpc) is 2.85. The lowest BCUT2D eigenvalue weighted by atomic mass is 10.1. The third-order valence-electron chi connectivity index (χ3n) is 4.98. The molecule has 0 aliphatic heterocycles. The molecule has 3 rings (SSSR count). The minimum Gasteiger partial charge on any atom is -0.400 e. The number of aliphatic hydroxyl groups excluding tert-OH is 1. The van der Waals surface area contributed by atoms with E-state index < -0.39 is 0 Å². The number of nitrogens with zero attached hydrogens (tertiary/aromatic N) is 3. The van der Waals surface area contributed by atoms with Crippen molar-refractivity contribution in [3.63, 3.8) is 0 Å². The summed E-state index contributed by atoms with van der Waals surface area (Å²) < 4.78 is 1.56. The Labute approximate surface area is 198 Å². The van der Waals surface area contributed by atoms with Gasteiger partial charge in [0.2, 0.25) is 5.95 Å². The zero-order valence-corrected chi connectivity index (χ0v) is 19.6. The molecular weight excluding hydrogens is 442 g/mol. The topological polar surface area (TPSA) is 109 Å². The summed E-state index contributed by atoms with van der Waals surface area (Å²) >= 11 is 5.95. The minimum atomic E-state index is -0.349. The normalized spacial score (nSPS) is 11.2. The van der Waals surface area contributed by atoms with Gasteiger partial charge < -0.3 is 20.3 Å². The minimum absolute atomic E-state index is 0.145. The van der Waals surface area contributed by atoms with Crippen molar-refractivity contribution in [2.24, 2.45) is 0 Å². The molecule has 0 radical (unpaired) electrons. The van der Waals surface area contributed by atoms with E-state index in [1.807, 2.05) is 19.1 Å². The largest absolute Gasteiger partial charge is 0.400 e. The second-order valence-electron chi connectivity index (χ2n) is 7.18. The third kappa shape index (κ3) is 8.00. The smallest absolute Gasteiger partial charge is 0.263 e. The lowest BCUT2D eigenvalue weighted by molar-refractivity contribution is 0.0950. The van der Waals surface area contributed by atoms with Crippen molar-refractivity contribution < 1.29 is 9.90 Å². The van der Waals surface area contributed by atoms with Crippen LogP contribution in [-0.2, 0) is 0 Å². The third-order valence-corrected chi connectivity index (χ3v) is 5.23. The number of carbonyl (C=O) groups is 1. The molecule has 3 aromatic rings. The van der Waals surface area contributed by atoms with Crippen LogP contribution >= 0.6 is 11.6 Å². The second kappa shape index (κ2) is 14.0. The van der Waals surface area contributed by atoms with Crippen LogP contribution in [0.3, 0.4) is 0 Å². The summed E-state index contributed by atoms with van der Waals surface area (Å²) in [6.45, 7) is 3.20. The molecule has 33 heavy (non-hydrogen) atoms. The number of carbonyl (C=O) groups excluding carboxylic acids is 1. The first-order valence-corrected chi connectivity index (χ1v) is 11.1. The molecular formula is C24H30ClN5O3. The number of hydrogen-bond acceptors (Lipinski definition) is 6. The number of aliphatic hydroxyl groups is 1. The number of aromatic nitrogens is 3. The van der Waals surface area contributed by atoms with Gasteiger partial charge in [-0.25, -0.2) is 9.97 Å². The highest BCUT2D eigenvalue weighted by atomic mass is 35.5. The Morgan fingerprint density at radius 3 is 2.39 bits per heavy atom. The second-order valence-corrected chi connectivity index (χ2v) is 7.61. The van der Waals surface area contributed by atoms with E-state index in [4.69, 9.17) is 16.7 Å². The van der Waals surface area contributed by atoms with E-state index in [1.54, 1.807) is 53.5 Å². The number of amides is 1. The fraction of sp³-hybridized carbons (Fsp3) is 0.333. The number of anilines is 1. The van der Waals surface area contributed by atoms with Crippen molar-refractivity contribution in [2.45, 2.75) is 32.2 Å². The van der Waals surface area contributed by atoms with Crippen LogP contribution < -0.4 is 16.2 Å². The predicted octanol–water partition coefficient (Wildman–Crippen LogP) is 3.52. The zero-order valence-electron chi connectivity index (χ0n) is 18.9.